The van der Waals surface area contributed by atoms with Crippen LogP contribution in [0, 0.1) is 5.82 Å². The number of hydrogen-bond acceptors (Lipinski definition) is 3. The number of aliphatic hydroxyl groups excluding tert-OH is 2. The average molecular weight is 267 g/mol. The highest BCUT2D eigenvalue weighted by molar-refractivity contribution is 5.79. The van der Waals surface area contributed by atoms with Gasteiger partial charge in [0.1, 0.15) is 11.9 Å². The van der Waals surface area contributed by atoms with Gasteiger partial charge in [-0.1, -0.05) is 12.1 Å². The summed E-state index contributed by atoms with van der Waals surface area (Å²) < 4.78 is 50.6. The van der Waals surface area contributed by atoms with Gasteiger partial charge in [0.25, 0.3) is 0 Å². The zero-order chi connectivity index (χ0) is 14.1. The van der Waals surface area contributed by atoms with Crippen LogP contribution >= 0.6 is 0 Å². The number of carbonyl (C=O) groups excluding carboxylic acids is 1. The lowest BCUT2D eigenvalue weighted by Crippen LogP contribution is -2.34. The van der Waals surface area contributed by atoms with Crippen molar-refractivity contribution in [2.75, 3.05) is 0 Å². The second-order valence-corrected chi connectivity index (χ2v) is 3.50. The van der Waals surface area contributed by atoms with Gasteiger partial charge >= 0.3 is 6.18 Å². The Morgan fingerprint density at radius 3 is 2.28 bits per heavy atom. The molecule has 1 aromatic carbocycles. The van der Waals surface area contributed by atoms with Gasteiger partial charge in [0.15, 0.2) is 6.10 Å². The lowest BCUT2D eigenvalue weighted by atomic mass is 10.0. The minimum absolute atomic E-state index is 0.474. The van der Waals surface area contributed by atoms with Crippen molar-refractivity contribution in [1.82, 2.24) is 0 Å². The average Bonchev–Trinajstić information content (AvgIpc) is 2.25. The number of primary amides is 1. The Morgan fingerprint density at radius 2 is 1.83 bits per heavy atom. The predicted molar refractivity (Wildman–Crippen MR) is 51.6 cm³/mol. The van der Waals surface area contributed by atoms with Crippen molar-refractivity contribution < 1.29 is 32.6 Å². The highest BCUT2D eigenvalue weighted by Crippen LogP contribution is 2.34. The quantitative estimate of drug-likeness (QED) is 0.706. The molecule has 0 fully saturated rings. The molecule has 2 atom stereocenters. The van der Waals surface area contributed by atoms with E-state index in [1.165, 1.54) is 0 Å². The molecular formula is C10H9F4NO3. The molecule has 2 unspecified atom stereocenters. The van der Waals surface area contributed by atoms with Gasteiger partial charge in [0, 0.05) is 5.56 Å². The number of amides is 1. The summed E-state index contributed by atoms with van der Waals surface area (Å²) in [5, 5.41) is 18.5. The standard InChI is InChI=1S/C10H9F4NO3/c11-6-4(7(16)8(17)9(15)18)2-1-3-5(6)10(12,13)14/h1-3,7-8,16-17H,(H2,15,18). The van der Waals surface area contributed by atoms with Crippen molar-refractivity contribution in [3.63, 3.8) is 0 Å². The van der Waals surface area contributed by atoms with Crippen LogP contribution in [-0.4, -0.2) is 22.2 Å². The Balaban J connectivity index is 3.23. The number of halogens is 4. The van der Waals surface area contributed by atoms with Gasteiger partial charge in [-0.25, -0.2) is 4.39 Å². The van der Waals surface area contributed by atoms with Crippen molar-refractivity contribution in [1.29, 1.82) is 0 Å². The number of hydrogen-bond donors (Lipinski definition) is 3. The van der Waals surface area contributed by atoms with Crippen LogP contribution in [0.4, 0.5) is 17.6 Å². The van der Waals surface area contributed by atoms with E-state index in [4.69, 9.17) is 5.11 Å². The molecule has 0 spiro atoms. The molecule has 1 rings (SSSR count). The Kier molecular flexibility index (Phi) is 3.92. The summed E-state index contributed by atoms with van der Waals surface area (Å²) in [5.74, 6) is -3.13. The molecule has 18 heavy (non-hydrogen) atoms. The van der Waals surface area contributed by atoms with Gasteiger partial charge in [-0.15, -0.1) is 0 Å². The number of carbonyl (C=O) groups is 1. The normalized spacial score (nSPS) is 15.2. The zero-order valence-corrected chi connectivity index (χ0v) is 8.78. The Hall–Kier alpha value is -1.67. The summed E-state index contributed by atoms with van der Waals surface area (Å²) in [6.45, 7) is 0. The number of benzene rings is 1. The second-order valence-electron chi connectivity index (χ2n) is 3.50. The Labute approximate surface area is 98.6 Å². The fourth-order valence-electron chi connectivity index (χ4n) is 1.32. The fraction of sp³-hybridized carbons (Fsp3) is 0.300. The van der Waals surface area contributed by atoms with Crippen LogP contribution in [0.2, 0.25) is 0 Å². The van der Waals surface area contributed by atoms with Crippen molar-refractivity contribution in [2.24, 2.45) is 5.73 Å². The Bertz CT molecular complexity index is 461. The molecular weight excluding hydrogens is 258 g/mol. The zero-order valence-electron chi connectivity index (χ0n) is 8.78. The van der Waals surface area contributed by atoms with E-state index in [0.717, 1.165) is 12.1 Å². The molecule has 1 aromatic rings. The maximum atomic E-state index is 13.5. The highest BCUT2D eigenvalue weighted by Gasteiger charge is 2.37. The molecule has 8 heteroatoms. The molecule has 0 bridgehead atoms. The molecule has 0 aliphatic carbocycles. The summed E-state index contributed by atoms with van der Waals surface area (Å²) in [7, 11) is 0. The van der Waals surface area contributed by atoms with Crippen LogP contribution in [-0.2, 0) is 11.0 Å². The molecule has 0 aliphatic heterocycles. The first-order valence-electron chi connectivity index (χ1n) is 4.67. The molecule has 0 radical (unpaired) electrons. The van der Waals surface area contributed by atoms with Crippen LogP contribution in [0.15, 0.2) is 18.2 Å². The lowest BCUT2D eigenvalue weighted by molar-refractivity contribution is -0.140. The Morgan fingerprint density at radius 1 is 1.28 bits per heavy atom. The molecule has 0 aliphatic rings. The third-order valence-corrected chi connectivity index (χ3v) is 2.24. The van der Waals surface area contributed by atoms with Crippen molar-refractivity contribution in [3.8, 4) is 0 Å². The summed E-state index contributed by atoms with van der Waals surface area (Å²) >= 11 is 0. The summed E-state index contributed by atoms with van der Waals surface area (Å²) in [6, 6.07) is 2.14. The van der Waals surface area contributed by atoms with Crippen LogP contribution < -0.4 is 5.73 Å². The second kappa shape index (κ2) is 4.91. The first kappa shape index (κ1) is 14.4. The predicted octanol–water partition coefficient (Wildman–Crippen LogP) is 0.724. The van der Waals surface area contributed by atoms with Gasteiger partial charge in [-0.3, -0.25) is 4.79 Å². The monoisotopic (exact) mass is 267 g/mol. The molecule has 4 nitrogen and oxygen atoms in total. The van der Waals surface area contributed by atoms with Crippen LogP contribution in [0.3, 0.4) is 0 Å². The van der Waals surface area contributed by atoms with Crippen molar-refractivity contribution >= 4 is 5.91 Å². The van der Waals surface area contributed by atoms with Crippen LogP contribution in [0.25, 0.3) is 0 Å². The maximum Gasteiger partial charge on any atom is 0.419 e. The maximum absolute atomic E-state index is 13.5. The largest absolute Gasteiger partial charge is 0.419 e. The first-order valence-corrected chi connectivity index (χ1v) is 4.67. The molecule has 4 N–H and O–H groups in total. The number of nitrogens with two attached hydrogens (primary N) is 1. The molecule has 0 heterocycles. The first-order chi connectivity index (χ1) is 8.16. The number of aliphatic hydroxyl groups is 2. The summed E-state index contributed by atoms with van der Waals surface area (Å²) in [6.07, 6.45) is -9.30. The van der Waals surface area contributed by atoms with E-state index in [1.807, 2.05) is 0 Å². The van der Waals surface area contributed by atoms with Crippen LogP contribution in [0.1, 0.15) is 17.2 Å². The van der Waals surface area contributed by atoms with E-state index in [0.29, 0.717) is 6.07 Å². The highest BCUT2D eigenvalue weighted by atomic mass is 19.4. The summed E-state index contributed by atoms with van der Waals surface area (Å²) in [5.41, 5.74) is 2.20. The van der Waals surface area contributed by atoms with E-state index in [2.05, 4.69) is 5.73 Å². The third kappa shape index (κ3) is 2.77. The number of alkyl halides is 3. The van der Waals surface area contributed by atoms with Crippen LogP contribution in [0.5, 0.6) is 0 Å². The SMILES string of the molecule is NC(=O)C(O)C(O)c1cccc(C(F)(F)F)c1F. The minimum Gasteiger partial charge on any atom is -0.385 e. The molecule has 1 amide bonds. The molecule has 0 aromatic heterocycles. The van der Waals surface area contributed by atoms with E-state index in [1.54, 1.807) is 0 Å². The van der Waals surface area contributed by atoms with Crippen molar-refractivity contribution in [2.45, 2.75) is 18.4 Å². The van der Waals surface area contributed by atoms with E-state index < -0.39 is 41.2 Å². The molecule has 0 saturated carbocycles. The fourth-order valence-corrected chi connectivity index (χ4v) is 1.32. The topological polar surface area (TPSA) is 83.6 Å². The lowest BCUT2D eigenvalue weighted by Gasteiger charge is -2.18. The van der Waals surface area contributed by atoms with Gasteiger partial charge < -0.3 is 15.9 Å². The van der Waals surface area contributed by atoms with Gasteiger partial charge in [0.05, 0.1) is 5.56 Å². The van der Waals surface area contributed by atoms with Gasteiger partial charge in [-0.05, 0) is 6.07 Å². The van der Waals surface area contributed by atoms with Crippen molar-refractivity contribution in [3.05, 3.63) is 35.1 Å². The molecule has 0 saturated heterocycles. The van der Waals surface area contributed by atoms with E-state index >= 15 is 0 Å². The van der Waals surface area contributed by atoms with E-state index in [-0.39, 0.29) is 0 Å². The summed E-state index contributed by atoms with van der Waals surface area (Å²) in [4.78, 5) is 10.6. The van der Waals surface area contributed by atoms with Gasteiger partial charge in [0.2, 0.25) is 5.91 Å². The van der Waals surface area contributed by atoms with Gasteiger partial charge in [-0.2, -0.15) is 13.2 Å². The molecule has 100 valence electrons. The smallest absolute Gasteiger partial charge is 0.385 e. The number of rotatable bonds is 3. The third-order valence-electron chi connectivity index (χ3n) is 2.24. The van der Waals surface area contributed by atoms with E-state index in [9.17, 15) is 27.5 Å². The minimum atomic E-state index is -4.95.